The van der Waals surface area contributed by atoms with Crippen LogP contribution in [0.25, 0.3) is 11.1 Å². The van der Waals surface area contributed by atoms with E-state index in [4.69, 9.17) is 13.9 Å². The summed E-state index contributed by atoms with van der Waals surface area (Å²) in [6, 6.07) is 11.5. The number of benzene rings is 2. The molecule has 5 heterocycles. The van der Waals surface area contributed by atoms with Crippen molar-refractivity contribution < 1.29 is 33.1 Å². The van der Waals surface area contributed by atoms with Gasteiger partial charge in [0.05, 0.1) is 12.1 Å². The standard InChI is InChI=1S/C33H41N5O6.C10H19NO2.CH4/c1-21-8-13-36(14-9-21)30(39)28(20-23-18-22(2)29-27(19-23)43-32(41)35(29)3)44-33(42)37-15-11-25(12-16-37)38-17-10-24-6-4-5-7-26(24)34-31(38)40;1-3-4-8-13-10(12)9-6-5-7-11(9)2;/h4-7,18-19,21,25,28H,8-17,20H2,1-3H3,(H,34,40);9H,3-8H2,1-2H3;1H4/t28-;9-;/m11./s1. The summed E-state index contributed by atoms with van der Waals surface area (Å²) in [4.78, 5) is 71.3. The number of hydrogen-bond donors (Lipinski definition) is 1. The SMILES string of the molecule is C.CCCCOC(=O)[C@H]1CCCN1C.Cc1cc(C[C@@H](OC(=O)N2CCC(N3CCc4ccccc4NC3=O)CC2)C(=O)N2CCC(C)CC2)cc2oc(=O)n(C)c12. The first-order chi connectivity index (χ1) is 27.4. The van der Waals surface area contributed by atoms with Gasteiger partial charge in [0.1, 0.15) is 6.04 Å². The number of anilines is 1. The summed E-state index contributed by atoms with van der Waals surface area (Å²) < 4.78 is 18.0. The van der Waals surface area contributed by atoms with Gasteiger partial charge in [0.15, 0.2) is 11.7 Å². The van der Waals surface area contributed by atoms with Crippen molar-refractivity contribution >= 4 is 40.8 Å². The normalized spacial score (nSPS) is 19.6. The van der Waals surface area contributed by atoms with Crippen LogP contribution in [-0.2, 0) is 39.0 Å². The van der Waals surface area contributed by atoms with Crippen LogP contribution in [-0.4, -0.2) is 119 Å². The van der Waals surface area contributed by atoms with Gasteiger partial charge in [-0.3, -0.25) is 19.1 Å². The molecule has 0 aliphatic carbocycles. The van der Waals surface area contributed by atoms with Crippen LogP contribution >= 0.6 is 0 Å². The highest BCUT2D eigenvalue weighted by molar-refractivity contribution is 5.91. The van der Waals surface area contributed by atoms with E-state index in [0.29, 0.717) is 69.2 Å². The van der Waals surface area contributed by atoms with Crippen LogP contribution in [0.1, 0.15) is 89.3 Å². The molecule has 1 aromatic heterocycles. The number of nitrogens with zero attached hydrogens (tertiary/aromatic N) is 5. The molecule has 14 nitrogen and oxygen atoms in total. The minimum atomic E-state index is -1.00. The summed E-state index contributed by atoms with van der Waals surface area (Å²) >= 11 is 0. The molecule has 1 N–H and O–H groups in total. The number of aryl methyl sites for hydroxylation is 2. The molecule has 0 saturated carbocycles. The van der Waals surface area contributed by atoms with Crippen LogP contribution in [0.3, 0.4) is 0 Å². The number of fused-ring (bicyclic) bond motifs is 2. The Morgan fingerprint density at radius 3 is 2.33 bits per heavy atom. The van der Waals surface area contributed by atoms with E-state index in [1.807, 2.05) is 49.2 Å². The Morgan fingerprint density at radius 1 is 0.931 bits per heavy atom. The van der Waals surface area contributed by atoms with E-state index < -0.39 is 18.0 Å². The van der Waals surface area contributed by atoms with E-state index >= 15 is 0 Å². The number of ether oxygens (including phenoxy) is 2. The van der Waals surface area contributed by atoms with E-state index in [0.717, 1.165) is 73.9 Å². The number of oxazole rings is 1. The van der Waals surface area contributed by atoms with Crippen molar-refractivity contribution in [1.82, 2.24) is 24.2 Å². The maximum absolute atomic E-state index is 13.8. The smallest absolute Gasteiger partial charge is 0.419 e. The Bertz CT molecular complexity index is 1940. The molecule has 4 aliphatic heterocycles. The molecule has 3 aromatic rings. The molecule has 3 saturated heterocycles. The van der Waals surface area contributed by atoms with Gasteiger partial charge < -0.3 is 33.9 Å². The fraction of sp³-hybridized carbons (Fsp3) is 0.614. The average Bonchev–Trinajstić information content (AvgIpc) is 3.70. The number of rotatable bonds is 9. The highest BCUT2D eigenvalue weighted by Crippen LogP contribution is 2.27. The Labute approximate surface area is 342 Å². The summed E-state index contributed by atoms with van der Waals surface area (Å²) in [6.45, 7) is 10.5. The number of piperidine rings is 2. The number of esters is 1. The summed E-state index contributed by atoms with van der Waals surface area (Å²) in [5.41, 5.74) is 4.72. The second-order valence-electron chi connectivity index (χ2n) is 16.2. The maximum atomic E-state index is 13.8. The van der Waals surface area contributed by atoms with Gasteiger partial charge in [-0.05, 0) is 107 Å². The topological polar surface area (TPSA) is 147 Å². The number of unbranched alkanes of at least 4 members (excludes halogenated alkanes) is 1. The lowest BCUT2D eigenvalue weighted by Gasteiger charge is -2.38. The van der Waals surface area contributed by atoms with Crippen LogP contribution in [0.15, 0.2) is 45.6 Å². The lowest BCUT2D eigenvalue weighted by Crippen LogP contribution is -2.51. The van der Waals surface area contributed by atoms with Crippen molar-refractivity contribution in [2.75, 3.05) is 58.2 Å². The van der Waals surface area contributed by atoms with Crippen LogP contribution in [0.5, 0.6) is 0 Å². The number of aromatic nitrogens is 1. The van der Waals surface area contributed by atoms with Gasteiger partial charge in [-0.1, -0.05) is 52.0 Å². The minimum Gasteiger partial charge on any atom is -0.465 e. The first kappa shape index (κ1) is 44.3. The number of likely N-dealkylation sites (N-methyl/N-ethyl adjacent to an activating group) is 1. The molecule has 58 heavy (non-hydrogen) atoms. The molecule has 7 rings (SSSR count). The first-order valence-corrected chi connectivity index (χ1v) is 20.8. The number of nitrogens with one attached hydrogen (secondary N) is 1. The zero-order valence-corrected chi connectivity index (χ0v) is 34.3. The van der Waals surface area contributed by atoms with Gasteiger partial charge in [-0.2, -0.15) is 0 Å². The van der Waals surface area contributed by atoms with E-state index in [2.05, 4.69) is 24.1 Å². The second-order valence-corrected chi connectivity index (χ2v) is 16.2. The summed E-state index contributed by atoms with van der Waals surface area (Å²) in [5.74, 6) is -0.137. The van der Waals surface area contributed by atoms with Crippen LogP contribution in [0.4, 0.5) is 15.3 Å². The van der Waals surface area contributed by atoms with Gasteiger partial charge >= 0.3 is 23.8 Å². The molecule has 0 spiro atoms. The number of carbonyl (C=O) groups is 4. The molecule has 4 aliphatic rings. The second kappa shape index (κ2) is 20.2. The van der Waals surface area contributed by atoms with Crippen molar-refractivity contribution in [2.24, 2.45) is 13.0 Å². The predicted octanol–water partition coefficient (Wildman–Crippen LogP) is 6.36. The van der Waals surface area contributed by atoms with Gasteiger partial charge in [-0.15, -0.1) is 0 Å². The lowest BCUT2D eigenvalue weighted by atomic mass is 9.98. The molecule has 0 bridgehead atoms. The Morgan fingerprint density at radius 2 is 1.64 bits per heavy atom. The highest BCUT2D eigenvalue weighted by Gasteiger charge is 2.35. The zero-order valence-electron chi connectivity index (χ0n) is 34.3. The van der Waals surface area contributed by atoms with Crippen molar-refractivity contribution in [3.05, 3.63) is 63.6 Å². The third-order valence-electron chi connectivity index (χ3n) is 12.0. The number of hydrogen-bond acceptors (Lipinski definition) is 9. The molecule has 3 fully saturated rings. The molecule has 318 valence electrons. The fourth-order valence-electron chi connectivity index (χ4n) is 8.44. The first-order valence-electron chi connectivity index (χ1n) is 20.8. The van der Waals surface area contributed by atoms with Gasteiger partial charge in [0.2, 0.25) is 0 Å². The summed E-state index contributed by atoms with van der Waals surface area (Å²) in [7, 11) is 3.65. The minimum absolute atomic E-state index is 0. The van der Waals surface area contributed by atoms with E-state index in [1.54, 1.807) is 22.9 Å². The van der Waals surface area contributed by atoms with Crippen molar-refractivity contribution in [2.45, 2.75) is 111 Å². The third-order valence-corrected chi connectivity index (χ3v) is 12.0. The Balaban J connectivity index is 0.000000392. The quantitative estimate of drug-likeness (QED) is 0.193. The molecular formula is C44H64N6O8. The zero-order chi connectivity index (χ0) is 40.6. The van der Waals surface area contributed by atoms with Crippen molar-refractivity contribution in [1.29, 1.82) is 0 Å². The highest BCUT2D eigenvalue weighted by atomic mass is 16.6. The predicted molar refractivity (Wildman–Crippen MR) is 224 cm³/mol. The fourth-order valence-corrected chi connectivity index (χ4v) is 8.44. The van der Waals surface area contributed by atoms with E-state index in [9.17, 15) is 24.0 Å². The molecule has 14 heteroatoms. The largest absolute Gasteiger partial charge is 0.465 e. The molecule has 0 radical (unpaired) electrons. The van der Waals surface area contributed by atoms with E-state index in [-0.39, 0.29) is 43.8 Å². The average molecular weight is 805 g/mol. The summed E-state index contributed by atoms with van der Waals surface area (Å²) in [6.07, 6.45) is 6.63. The van der Waals surface area contributed by atoms with Crippen molar-refractivity contribution in [3.63, 3.8) is 0 Å². The third kappa shape index (κ3) is 10.6. The van der Waals surface area contributed by atoms with E-state index in [1.165, 1.54) is 4.57 Å². The Kier molecular flexibility index (Phi) is 15.4. The van der Waals surface area contributed by atoms with Gasteiger partial charge in [0.25, 0.3) is 5.91 Å². The monoisotopic (exact) mass is 804 g/mol. The lowest BCUT2D eigenvalue weighted by molar-refractivity contribution is -0.148. The number of likely N-dealkylation sites (tertiary alicyclic amines) is 3. The number of para-hydroxylation sites is 1. The molecular weight excluding hydrogens is 741 g/mol. The molecule has 4 amide bonds. The van der Waals surface area contributed by atoms with Gasteiger partial charge in [0, 0.05) is 57.9 Å². The maximum Gasteiger partial charge on any atom is 0.419 e. The van der Waals surface area contributed by atoms with Crippen LogP contribution in [0, 0.1) is 12.8 Å². The number of carbonyl (C=O) groups excluding carboxylic acids is 4. The van der Waals surface area contributed by atoms with Crippen LogP contribution < -0.4 is 11.1 Å². The number of amides is 4. The number of urea groups is 1. The molecule has 2 atom stereocenters. The Hall–Kier alpha value is -4.85. The summed E-state index contributed by atoms with van der Waals surface area (Å²) in [5, 5.41) is 3.03. The van der Waals surface area contributed by atoms with Crippen molar-refractivity contribution in [3.8, 4) is 0 Å². The molecule has 2 aromatic carbocycles. The van der Waals surface area contributed by atoms with Crippen LogP contribution in [0.2, 0.25) is 0 Å². The molecule has 0 unspecified atom stereocenters. The van der Waals surface area contributed by atoms with Gasteiger partial charge in [-0.25, -0.2) is 14.4 Å².